The van der Waals surface area contributed by atoms with Gasteiger partial charge in [-0.25, -0.2) is 0 Å². The van der Waals surface area contributed by atoms with Gasteiger partial charge in [0.2, 0.25) is 0 Å². The molecule has 0 N–H and O–H groups in total. The number of aromatic nitrogens is 1. The first-order valence-corrected chi connectivity index (χ1v) is 7.20. The summed E-state index contributed by atoms with van der Waals surface area (Å²) < 4.78 is 3.32. The van der Waals surface area contributed by atoms with Gasteiger partial charge in [0.05, 0.1) is 6.54 Å². The second kappa shape index (κ2) is 4.71. The van der Waals surface area contributed by atoms with Crippen molar-refractivity contribution >= 4 is 44.5 Å². The van der Waals surface area contributed by atoms with Crippen LogP contribution in [0, 0.1) is 0 Å². The molecule has 2 heterocycles. The maximum atomic E-state index is 10.7. The molecule has 90 valence electrons. The molecule has 0 saturated heterocycles. The van der Waals surface area contributed by atoms with E-state index in [-0.39, 0.29) is 0 Å². The molecule has 0 bridgehead atoms. The normalized spacial score (nSPS) is 10.9. The Morgan fingerprint density at radius 2 is 2.17 bits per heavy atom. The second-order valence-electron chi connectivity index (χ2n) is 4.11. The van der Waals surface area contributed by atoms with Gasteiger partial charge in [0.15, 0.2) is 0 Å². The highest BCUT2D eigenvalue weighted by atomic mass is 79.9. The second-order valence-corrected chi connectivity index (χ2v) is 6.02. The van der Waals surface area contributed by atoms with Gasteiger partial charge in [-0.15, -0.1) is 11.3 Å². The molecule has 0 saturated carbocycles. The minimum Gasteiger partial charge on any atom is -0.342 e. The van der Waals surface area contributed by atoms with E-state index in [0.717, 1.165) is 33.8 Å². The van der Waals surface area contributed by atoms with Crippen LogP contribution in [0.2, 0.25) is 0 Å². The molecule has 1 aromatic carbocycles. The SMILES string of the molecule is O=Cc1ccc2c(ccn2Cc2cc(Br)cs2)c1. The third-order valence-electron chi connectivity index (χ3n) is 2.88. The molecule has 0 spiro atoms. The lowest BCUT2D eigenvalue weighted by molar-refractivity contribution is 0.112. The predicted octanol–water partition coefficient (Wildman–Crippen LogP) is 4.33. The molecule has 0 radical (unpaired) electrons. The largest absolute Gasteiger partial charge is 0.342 e. The summed E-state index contributed by atoms with van der Waals surface area (Å²) in [5.74, 6) is 0. The maximum absolute atomic E-state index is 10.7. The van der Waals surface area contributed by atoms with Crippen LogP contribution in [-0.4, -0.2) is 10.9 Å². The number of hydrogen-bond donors (Lipinski definition) is 0. The number of hydrogen-bond acceptors (Lipinski definition) is 2. The van der Waals surface area contributed by atoms with Crippen molar-refractivity contribution in [2.24, 2.45) is 0 Å². The van der Waals surface area contributed by atoms with Crippen LogP contribution in [0.1, 0.15) is 15.2 Å². The number of carbonyl (C=O) groups is 1. The van der Waals surface area contributed by atoms with Crippen molar-refractivity contribution in [3.8, 4) is 0 Å². The van der Waals surface area contributed by atoms with Crippen molar-refractivity contribution in [3.05, 3.63) is 56.8 Å². The van der Waals surface area contributed by atoms with E-state index in [0.29, 0.717) is 0 Å². The van der Waals surface area contributed by atoms with E-state index < -0.39 is 0 Å². The first-order valence-electron chi connectivity index (χ1n) is 5.53. The zero-order valence-corrected chi connectivity index (χ0v) is 11.9. The Morgan fingerprint density at radius 1 is 1.28 bits per heavy atom. The minimum atomic E-state index is 0.721. The lowest BCUT2D eigenvalue weighted by Crippen LogP contribution is -1.95. The molecule has 0 aliphatic rings. The van der Waals surface area contributed by atoms with Crippen LogP contribution in [0.5, 0.6) is 0 Å². The van der Waals surface area contributed by atoms with Crippen molar-refractivity contribution in [1.29, 1.82) is 0 Å². The summed E-state index contributed by atoms with van der Waals surface area (Å²) in [6.45, 7) is 0.861. The van der Waals surface area contributed by atoms with Gasteiger partial charge in [-0.3, -0.25) is 4.79 Å². The summed E-state index contributed by atoms with van der Waals surface area (Å²) in [4.78, 5) is 12.0. The van der Waals surface area contributed by atoms with Crippen molar-refractivity contribution in [3.63, 3.8) is 0 Å². The Balaban J connectivity index is 2.00. The van der Waals surface area contributed by atoms with E-state index >= 15 is 0 Å². The van der Waals surface area contributed by atoms with Gasteiger partial charge in [-0.2, -0.15) is 0 Å². The Bertz CT molecular complexity index is 713. The molecular formula is C14H10BrNOS. The summed E-state index contributed by atoms with van der Waals surface area (Å²) in [6, 6.07) is 9.96. The third kappa shape index (κ3) is 2.13. The maximum Gasteiger partial charge on any atom is 0.150 e. The molecule has 0 aliphatic heterocycles. The van der Waals surface area contributed by atoms with Crippen LogP contribution in [0.15, 0.2) is 46.4 Å². The fourth-order valence-corrected chi connectivity index (χ4v) is 3.48. The third-order valence-corrected chi connectivity index (χ3v) is 4.56. The van der Waals surface area contributed by atoms with E-state index in [1.807, 2.05) is 24.3 Å². The molecule has 2 nitrogen and oxygen atoms in total. The van der Waals surface area contributed by atoms with Crippen LogP contribution in [-0.2, 0) is 6.54 Å². The highest BCUT2D eigenvalue weighted by Gasteiger charge is 2.04. The average molecular weight is 320 g/mol. The van der Waals surface area contributed by atoms with Gasteiger partial charge in [-0.05, 0) is 46.3 Å². The van der Waals surface area contributed by atoms with E-state index in [1.165, 1.54) is 4.88 Å². The first kappa shape index (κ1) is 11.7. The topological polar surface area (TPSA) is 22.0 Å². The lowest BCUT2D eigenvalue weighted by Gasteiger charge is -2.03. The fourth-order valence-electron chi connectivity index (χ4n) is 2.03. The molecule has 0 atom stereocenters. The van der Waals surface area contributed by atoms with Crippen molar-refractivity contribution < 1.29 is 4.79 Å². The number of fused-ring (bicyclic) bond motifs is 1. The van der Waals surface area contributed by atoms with Crippen molar-refractivity contribution in [2.75, 3.05) is 0 Å². The van der Waals surface area contributed by atoms with Gasteiger partial charge in [0, 0.05) is 37.4 Å². The summed E-state index contributed by atoms with van der Waals surface area (Å²) in [7, 11) is 0. The van der Waals surface area contributed by atoms with E-state index in [2.05, 4.69) is 38.1 Å². The van der Waals surface area contributed by atoms with Crippen LogP contribution in [0.4, 0.5) is 0 Å². The zero-order valence-electron chi connectivity index (χ0n) is 9.47. The molecular weight excluding hydrogens is 310 g/mol. The average Bonchev–Trinajstić information content (AvgIpc) is 2.96. The number of aldehydes is 1. The zero-order chi connectivity index (χ0) is 12.5. The van der Waals surface area contributed by atoms with Gasteiger partial charge < -0.3 is 4.57 Å². The molecule has 3 aromatic rings. The number of nitrogens with zero attached hydrogens (tertiary/aromatic N) is 1. The van der Waals surface area contributed by atoms with Gasteiger partial charge in [-0.1, -0.05) is 0 Å². The lowest BCUT2D eigenvalue weighted by atomic mass is 10.2. The number of carbonyl (C=O) groups excluding carboxylic acids is 1. The van der Waals surface area contributed by atoms with Crippen molar-refractivity contribution in [2.45, 2.75) is 6.54 Å². The Labute approximate surface area is 117 Å². The fraction of sp³-hybridized carbons (Fsp3) is 0.0714. The summed E-state index contributed by atoms with van der Waals surface area (Å²) >= 11 is 5.21. The molecule has 4 heteroatoms. The standard InChI is InChI=1S/C14H10BrNOS/c15-12-6-13(18-9-12)7-16-4-3-11-5-10(8-17)1-2-14(11)16/h1-6,8-9H,7H2. The van der Waals surface area contributed by atoms with E-state index in [9.17, 15) is 4.79 Å². The number of thiophene rings is 1. The Morgan fingerprint density at radius 3 is 2.89 bits per heavy atom. The quantitative estimate of drug-likeness (QED) is 0.659. The van der Waals surface area contributed by atoms with Gasteiger partial charge >= 0.3 is 0 Å². The van der Waals surface area contributed by atoms with Gasteiger partial charge in [0.1, 0.15) is 6.29 Å². The van der Waals surface area contributed by atoms with E-state index in [1.54, 1.807) is 11.3 Å². The first-order chi connectivity index (χ1) is 8.76. The van der Waals surface area contributed by atoms with Crippen LogP contribution >= 0.6 is 27.3 Å². The molecule has 0 aliphatic carbocycles. The van der Waals surface area contributed by atoms with Gasteiger partial charge in [0.25, 0.3) is 0 Å². The monoisotopic (exact) mass is 319 g/mol. The van der Waals surface area contributed by atoms with E-state index in [4.69, 9.17) is 0 Å². The highest BCUT2D eigenvalue weighted by Crippen LogP contribution is 2.23. The predicted molar refractivity (Wildman–Crippen MR) is 78.4 cm³/mol. The molecule has 18 heavy (non-hydrogen) atoms. The number of rotatable bonds is 3. The molecule has 2 aromatic heterocycles. The Hall–Kier alpha value is -1.39. The minimum absolute atomic E-state index is 0.721. The number of benzene rings is 1. The summed E-state index contributed by atoms with van der Waals surface area (Å²) in [6.07, 6.45) is 2.94. The van der Waals surface area contributed by atoms with Crippen LogP contribution < -0.4 is 0 Å². The van der Waals surface area contributed by atoms with Crippen LogP contribution in [0.25, 0.3) is 10.9 Å². The van der Waals surface area contributed by atoms with Crippen molar-refractivity contribution in [1.82, 2.24) is 4.57 Å². The summed E-state index contributed by atoms with van der Waals surface area (Å²) in [5.41, 5.74) is 1.88. The van der Waals surface area contributed by atoms with Crippen LogP contribution in [0.3, 0.4) is 0 Å². The molecule has 0 fully saturated rings. The Kier molecular flexibility index (Phi) is 3.06. The molecule has 0 unspecified atom stereocenters. The molecule has 0 amide bonds. The highest BCUT2D eigenvalue weighted by molar-refractivity contribution is 9.10. The summed E-state index contributed by atoms with van der Waals surface area (Å²) in [5, 5.41) is 3.20. The smallest absolute Gasteiger partial charge is 0.150 e. The molecule has 3 rings (SSSR count). The number of halogens is 1.